The third-order valence-corrected chi connectivity index (χ3v) is 3.02. The summed E-state index contributed by atoms with van der Waals surface area (Å²) in [7, 11) is 0. The zero-order chi connectivity index (χ0) is 14.4. The Labute approximate surface area is 111 Å². The first-order valence-corrected chi connectivity index (χ1v) is 6.31. The number of hydrogen-bond donors (Lipinski definition) is 1. The number of hydrogen-bond acceptors (Lipinski definition) is 1. The number of allylic oxidation sites excluding steroid dienone is 3. The molecule has 0 heterocycles. The van der Waals surface area contributed by atoms with Gasteiger partial charge in [-0.25, -0.2) is 13.2 Å². The van der Waals surface area contributed by atoms with Crippen molar-refractivity contribution in [2.75, 3.05) is 0 Å². The Hall–Kier alpha value is -1.52. The van der Waals surface area contributed by atoms with Crippen LogP contribution >= 0.6 is 0 Å². The first-order valence-electron chi connectivity index (χ1n) is 6.31. The lowest BCUT2D eigenvalue weighted by Crippen LogP contribution is -2.37. The molecule has 0 aromatic rings. The minimum atomic E-state index is -1.35. The van der Waals surface area contributed by atoms with Gasteiger partial charge in [-0.3, -0.25) is 4.79 Å². The second-order valence-electron chi connectivity index (χ2n) is 4.66. The van der Waals surface area contributed by atoms with Gasteiger partial charge >= 0.3 is 0 Å². The van der Waals surface area contributed by atoms with Crippen molar-refractivity contribution in [1.29, 1.82) is 0 Å². The van der Waals surface area contributed by atoms with Crippen molar-refractivity contribution >= 4 is 5.91 Å². The van der Waals surface area contributed by atoms with Gasteiger partial charge in [-0.2, -0.15) is 0 Å². The topological polar surface area (TPSA) is 29.1 Å². The molecular formula is C14H18F3NO. The Morgan fingerprint density at radius 2 is 1.79 bits per heavy atom. The highest BCUT2D eigenvalue weighted by atomic mass is 19.2. The van der Waals surface area contributed by atoms with Gasteiger partial charge in [0.05, 0.1) is 5.57 Å². The second-order valence-corrected chi connectivity index (χ2v) is 4.66. The van der Waals surface area contributed by atoms with Gasteiger partial charge in [-0.1, -0.05) is 25.8 Å². The number of amides is 1. The first kappa shape index (κ1) is 15.5. The predicted octanol–water partition coefficient (Wildman–Crippen LogP) is 4.02. The van der Waals surface area contributed by atoms with Crippen LogP contribution in [0.3, 0.4) is 0 Å². The normalized spacial score (nSPS) is 18.8. The molecule has 1 rings (SSSR count). The number of carbonyl (C=O) groups excluding carboxylic acids is 1. The first-order chi connectivity index (χ1) is 8.91. The highest BCUT2D eigenvalue weighted by Gasteiger charge is 2.22. The highest BCUT2D eigenvalue weighted by molar-refractivity contribution is 5.97. The van der Waals surface area contributed by atoms with Crippen molar-refractivity contribution in [3.63, 3.8) is 0 Å². The molecule has 0 aliphatic heterocycles. The Morgan fingerprint density at radius 3 is 2.26 bits per heavy atom. The maximum Gasteiger partial charge on any atom is 0.254 e. The Balaban J connectivity index is 2.83. The molecule has 0 radical (unpaired) electrons. The van der Waals surface area contributed by atoms with Crippen molar-refractivity contribution in [3.05, 3.63) is 35.7 Å². The minimum absolute atomic E-state index is 0.0646. The van der Waals surface area contributed by atoms with Gasteiger partial charge in [-0.15, -0.1) is 0 Å². The summed E-state index contributed by atoms with van der Waals surface area (Å²) in [6.07, 6.45) is 5.29. The van der Waals surface area contributed by atoms with E-state index in [1.54, 1.807) is 0 Å². The van der Waals surface area contributed by atoms with E-state index in [4.69, 9.17) is 0 Å². The largest absolute Gasteiger partial charge is 0.349 e. The van der Waals surface area contributed by atoms with E-state index in [1.165, 1.54) is 0 Å². The van der Waals surface area contributed by atoms with Crippen LogP contribution in [0, 0.1) is 0 Å². The van der Waals surface area contributed by atoms with Crippen LogP contribution in [0.5, 0.6) is 0 Å². The quantitative estimate of drug-likeness (QED) is 0.608. The monoisotopic (exact) mass is 273 g/mol. The standard InChI is InChI=1S/C14H18F3NO/c1-9(15)8-12(13(17)10(2)16)14(19)18-11-6-4-3-5-7-11/h8,11H,1,3-7H2,2H3,(H,18,19). The van der Waals surface area contributed by atoms with Gasteiger partial charge in [0.1, 0.15) is 11.7 Å². The number of nitrogens with one attached hydrogen (secondary N) is 1. The van der Waals surface area contributed by atoms with Gasteiger partial charge < -0.3 is 5.32 Å². The lowest BCUT2D eigenvalue weighted by molar-refractivity contribution is -0.118. The molecule has 19 heavy (non-hydrogen) atoms. The molecule has 2 nitrogen and oxygen atoms in total. The average Bonchev–Trinajstić information content (AvgIpc) is 2.35. The van der Waals surface area contributed by atoms with Crippen LogP contribution in [0.2, 0.25) is 0 Å². The molecule has 0 atom stereocenters. The van der Waals surface area contributed by atoms with Crippen molar-refractivity contribution in [3.8, 4) is 0 Å². The van der Waals surface area contributed by atoms with Crippen molar-refractivity contribution < 1.29 is 18.0 Å². The number of rotatable bonds is 4. The summed E-state index contributed by atoms with van der Waals surface area (Å²) in [6.45, 7) is 3.80. The summed E-state index contributed by atoms with van der Waals surface area (Å²) in [5, 5.41) is 2.60. The van der Waals surface area contributed by atoms with E-state index in [1.807, 2.05) is 0 Å². The zero-order valence-electron chi connectivity index (χ0n) is 10.9. The predicted molar refractivity (Wildman–Crippen MR) is 68.3 cm³/mol. The zero-order valence-corrected chi connectivity index (χ0v) is 10.9. The van der Waals surface area contributed by atoms with E-state index < -0.39 is 29.0 Å². The van der Waals surface area contributed by atoms with Crippen LogP contribution in [0.1, 0.15) is 39.0 Å². The van der Waals surface area contributed by atoms with Crippen LogP contribution in [0.25, 0.3) is 0 Å². The molecule has 0 unspecified atom stereocenters. The molecule has 5 heteroatoms. The average molecular weight is 273 g/mol. The van der Waals surface area contributed by atoms with Crippen molar-refractivity contribution in [2.45, 2.75) is 45.1 Å². The Kier molecular flexibility index (Phi) is 5.86. The molecule has 0 saturated heterocycles. The Bertz CT molecular complexity index is 416. The molecular weight excluding hydrogens is 255 g/mol. The third kappa shape index (κ3) is 4.93. The van der Waals surface area contributed by atoms with E-state index in [2.05, 4.69) is 11.9 Å². The fourth-order valence-corrected chi connectivity index (χ4v) is 2.08. The molecule has 106 valence electrons. The maximum absolute atomic E-state index is 13.5. The fraction of sp³-hybridized carbons (Fsp3) is 0.500. The van der Waals surface area contributed by atoms with E-state index in [0.29, 0.717) is 6.08 Å². The van der Waals surface area contributed by atoms with Crippen molar-refractivity contribution in [2.24, 2.45) is 0 Å². The Morgan fingerprint density at radius 1 is 1.21 bits per heavy atom. The van der Waals surface area contributed by atoms with E-state index >= 15 is 0 Å². The van der Waals surface area contributed by atoms with Gasteiger partial charge in [0.2, 0.25) is 0 Å². The summed E-state index contributed by atoms with van der Waals surface area (Å²) in [5.41, 5.74) is -0.655. The third-order valence-electron chi connectivity index (χ3n) is 3.02. The summed E-state index contributed by atoms with van der Waals surface area (Å²) < 4.78 is 39.1. The molecule has 1 saturated carbocycles. The highest BCUT2D eigenvalue weighted by Crippen LogP contribution is 2.22. The summed E-state index contributed by atoms with van der Waals surface area (Å²) in [4.78, 5) is 11.9. The molecule has 0 aromatic carbocycles. The van der Waals surface area contributed by atoms with Gasteiger partial charge in [0, 0.05) is 6.04 Å². The SMILES string of the molecule is C=C(F)C=C(C(=O)NC1CCCCC1)C(F)=C(C)F. The maximum atomic E-state index is 13.5. The molecule has 0 aromatic heterocycles. The molecule has 1 fully saturated rings. The van der Waals surface area contributed by atoms with E-state index in [-0.39, 0.29) is 6.04 Å². The van der Waals surface area contributed by atoms with E-state index in [9.17, 15) is 18.0 Å². The molecule has 1 N–H and O–H groups in total. The fourth-order valence-electron chi connectivity index (χ4n) is 2.08. The molecule has 0 bridgehead atoms. The van der Waals surface area contributed by atoms with Crippen molar-refractivity contribution in [1.82, 2.24) is 5.32 Å². The van der Waals surface area contributed by atoms with Gasteiger partial charge in [0.25, 0.3) is 5.91 Å². The molecule has 1 amide bonds. The van der Waals surface area contributed by atoms with Crippen LogP contribution in [-0.4, -0.2) is 11.9 Å². The number of halogens is 3. The van der Waals surface area contributed by atoms with Gasteiger partial charge in [0.15, 0.2) is 5.83 Å². The smallest absolute Gasteiger partial charge is 0.254 e. The number of carbonyl (C=O) groups is 1. The minimum Gasteiger partial charge on any atom is -0.349 e. The molecule has 1 aliphatic carbocycles. The second kappa shape index (κ2) is 7.16. The summed E-state index contributed by atoms with van der Waals surface area (Å²) in [5.74, 6) is -4.32. The van der Waals surface area contributed by atoms with E-state index in [0.717, 1.165) is 39.0 Å². The lowest BCUT2D eigenvalue weighted by atomic mass is 9.95. The van der Waals surface area contributed by atoms with Crippen LogP contribution in [0.4, 0.5) is 13.2 Å². The van der Waals surface area contributed by atoms with Gasteiger partial charge in [-0.05, 0) is 25.8 Å². The molecule has 1 aliphatic rings. The summed E-state index contributed by atoms with van der Waals surface area (Å²) >= 11 is 0. The van der Waals surface area contributed by atoms with Crippen LogP contribution in [-0.2, 0) is 4.79 Å². The lowest BCUT2D eigenvalue weighted by Gasteiger charge is -2.23. The molecule has 0 spiro atoms. The van der Waals surface area contributed by atoms with Crippen LogP contribution < -0.4 is 5.32 Å². The summed E-state index contributed by atoms with van der Waals surface area (Å²) in [6, 6.07) is -0.0646. The van der Waals surface area contributed by atoms with Crippen LogP contribution in [0.15, 0.2) is 35.7 Å².